The molecule has 0 saturated heterocycles. The Bertz CT molecular complexity index is 579. The van der Waals surface area contributed by atoms with Gasteiger partial charge in [-0.05, 0) is 62.7 Å². The van der Waals surface area contributed by atoms with Crippen LogP contribution in [0.3, 0.4) is 0 Å². The molecule has 19 heavy (non-hydrogen) atoms. The van der Waals surface area contributed by atoms with Gasteiger partial charge in [0.1, 0.15) is 11.4 Å². The molecule has 0 fully saturated rings. The summed E-state index contributed by atoms with van der Waals surface area (Å²) in [4.78, 5) is 12.0. The summed E-state index contributed by atoms with van der Waals surface area (Å²) in [5.41, 5.74) is 0.882. The number of nitrogens with zero attached hydrogens (tertiary/aromatic N) is 1. The van der Waals surface area contributed by atoms with Crippen molar-refractivity contribution in [2.45, 2.75) is 26.4 Å². The van der Waals surface area contributed by atoms with Crippen LogP contribution in [0.15, 0.2) is 42.6 Å². The first kappa shape index (κ1) is 13.3. The van der Waals surface area contributed by atoms with Crippen molar-refractivity contribution in [2.24, 2.45) is 0 Å². The van der Waals surface area contributed by atoms with Gasteiger partial charge in [0, 0.05) is 6.20 Å². The molecule has 0 aliphatic rings. The van der Waals surface area contributed by atoms with Crippen LogP contribution in [-0.4, -0.2) is 16.3 Å². The van der Waals surface area contributed by atoms with Gasteiger partial charge in [-0.2, -0.15) is 0 Å². The number of hydrogen-bond donors (Lipinski definition) is 0. The fourth-order valence-electron chi connectivity index (χ4n) is 1.71. The standard InChI is InChI=1S/C15H16FNO2/c1-15(2,3)19-14(18)17-10-4-5-13(17)11-6-8-12(16)9-7-11/h4-10H,1-3H3. The first-order valence-electron chi connectivity index (χ1n) is 6.03. The number of ether oxygens (including phenoxy) is 1. The zero-order chi connectivity index (χ0) is 14.0. The smallest absolute Gasteiger partial charge is 0.418 e. The predicted octanol–water partition coefficient (Wildman–Crippen LogP) is 4.08. The average molecular weight is 261 g/mol. The van der Waals surface area contributed by atoms with Crippen LogP contribution >= 0.6 is 0 Å². The second-order valence-electron chi connectivity index (χ2n) is 5.25. The molecule has 0 aliphatic heterocycles. The number of carbonyl (C=O) groups is 1. The van der Waals surface area contributed by atoms with E-state index in [2.05, 4.69) is 0 Å². The van der Waals surface area contributed by atoms with E-state index in [1.165, 1.54) is 16.7 Å². The van der Waals surface area contributed by atoms with Gasteiger partial charge in [0.2, 0.25) is 0 Å². The van der Waals surface area contributed by atoms with E-state index < -0.39 is 11.7 Å². The Hall–Kier alpha value is -2.10. The van der Waals surface area contributed by atoms with E-state index in [4.69, 9.17) is 4.74 Å². The molecule has 0 aliphatic carbocycles. The highest BCUT2D eigenvalue weighted by molar-refractivity contribution is 5.78. The molecule has 2 rings (SSSR count). The van der Waals surface area contributed by atoms with Crippen molar-refractivity contribution in [1.29, 1.82) is 0 Å². The summed E-state index contributed by atoms with van der Waals surface area (Å²) in [6.07, 6.45) is 1.18. The summed E-state index contributed by atoms with van der Waals surface area (Å²) < 4.78 is 19.6. The van der Waals surface area contributed by atoms with Gasteiger partial charge >= 0.3 is 6.09 Å². The van der Waals surface area contributed by atoms with Crippen LogP contribution in [0.4, 0.5) is 9.18 Å². The number of aromatic nitrogens is 1. The maximum atomic E-state index is 12.9. The van der Waals surface area contributed by atoms with Crippen LogP contribution < -0.4 is 0 Å². The number of rotatable bonds is 1. The van der Waals surface area contributed by atoms with Gasteiger partial charge in [-0.3, -0.25) is 4.57 Å². The van der Waals surface area contributed by atoms with E-state index in [1.807, 2.05) is 20.8 Å². The molecule has 0 atom stereocenters. The minimum Gasteiger partial charge on any atom is -0.443 e. The summed E-state index contributed by atoms with van der Waals surface area (Å²) in [6, 6.07) is 9.53. The molecule has 1 heterocycles. The Kier molecular flexibility index (Phi) is 3.42. The fourth-order valence-corrected chi connectivity index (χ4v) is 1.71. The predicted molar refractivity (Wildman–Crippen MR) is 71.5 cm³/mol. The third-order valence-electron chi connectivity index (χ3n) is 2.48. The minimum atomic E-state index is -0.554. The number of halogens is 1. The van der Waals surface area contributed by atoms with Gasteiger partial charge in [-0.1, -0.05) is 0 Å². The Morgan fingerprint density at radius 2 is 1.79 bits per heavy atom. The molecule has 0 amide bonds. The Morgan fingerprint density at radius 3 is 2.37 bits per heavy atom. The van der Waals surface area contributed by atoms with E-state index in [0.29, 0.717) is 5.69 Å². The topological polar surface area (TPSA) is 31.2 Å². The molecule has 0 radical (unpaired) electrons. The third-order valence-corrected chi connectivity index (χ3v) is 2.48. The molecule has 2 aromatic rings. The van der Waals surface area contributed by atoms with Crippen LogP contribution in [0.5, 0.6) is 0 Å². The first-order valence-corrected chi connectivity index (χ1v) is 6.03. The van der Waals surface area contributed by atoms with Gasteiger partial charge in [0.05, 0.1) is 5.69 Å². The highest BCUT2D eigenvalue weighted by Crippen LogP contribution is 2.21. The molecule has 0 unspecified atom stereocenters. The van der Waals surface area contributed by atoms with Crippen molar-refractivity contribution in [3.63, 3.8) is 0 Å². The lowest BCUT2D eigenvalue weighted by Crippen LogP contribution is -2.27. The van der Waals surface area contributed by atoms with E-state index in [9.17, 15) is 9.18 Å². The molecular formula is C15H16FNO2. The minimum absolute atomic E-state index is 0.306. The van der Waals surface area contributed by atoms with Gasteiger partial charge in [0.25, 0.3) is 0 Å². The highest BCUT2D eigenvalue weighted by Gasteiger charge is 2.19. The van der Waals surface area contributed by atoms with Crippen LogP contribution in [0.25, 0.3) is 11.3 Å². The summed E-state index contributed by atoms with van der Waals surface area (Å²) in [5.74, 6) is -0.306. The lowest BCUT2D eigenvalue weighted by atomic mass is 10.1. The van der Waals surface area contributed by atoms with Gasteiger partial charge in [0.15, 0.2) is 0 Å². The largest absolute Gasteiger partial charge is 0.443 e. The molecule has 1 aromatic heterocycles. The van der Waals surface area contributed by atoms with Crippen molar-refractivity contribution in [3.05, 3.63) is 48.4 Å². The lowest BCUT2D eigenvalue weighted by Gasteiger charge is -2.20. The van der Waals surface area contributed by atoms with Crippen LogP contribution in [0.1, 0.15) is 20.8 Å². The molecule has 100 valence electrons. The molecule has 1 aromatic carbocycles. The Labute approximate surface area is 111 Å². The van der Waals surface area contributed by atoms with Crippen molar-refractivity contribution >= 4 is 6.09 Å². The quantitative estimate of drug-likeness (QED) is 0.774. The van der Waals surface area contributed by atoms with E-state index in [1.54, 1.807) is 30.5 Å². The maximum absolute atomic E-state index is 12.9. The first-order chi connectivity index (χ1) is 8.87. The SMILES string of the molecule is CC(C)(C)OC(=O)n1cccc1-c1ccc(F)cc1. The molecule has 0 N–H and O–H groups in total. The number of hydrogen-bond acceptors (Lipinski definition) is 2. The fraction of sp³-hybridized carbons (Fsp3) is 0.267. The second-order valence-corrected chi connectivity index (χ2v) is 5.25. The monoisotopic (exact) mass is 261 g/mol. The van der Waals surface area contributed by atoms with E-state index in [0.717, 1.165) is 5.56 Å². The van der Waals surface area contributed by atoms with Crippen LogP contribution in [0.2, 0.25) is 0 Å². The van der Waals surface area contributed by atoms with Crippen molar-refractivity contribution in [2.75, 3.05) is 0 Å². The third kappa shape index (κ3) is 3.22. The molecule has 0 spiro atoms. The number of benzene rings is 1. The normalized spacial score (nSPS) is 11.4. The number of carbonyl (C=O) groups excluding carboxylic acids is 1. The van der Waals surface area contributed by atoms with Crippen LogP contribution in [-0.2, 0) is 4.74 Å². The highest BCUT2D eigenvalue weighted by atomic mass is 19.1. The molecule has 3 nitrogen and oxygen atoms in total. The zero-order valence-electron chi connectivity index (χ0n) is 11.2. The van der Waals surface area contributed by atoms with Crippen molar-refractivity contribution < 1.29 is 13.9 Å². The Morgan fingerprint density at radius 1 is 1.16 bits per heavy atom. The van der Waals surface area contributed by atoms with Gasteiger partial charge in [-0.25, -0.2) is 9.18 Å². The van der Waals surface area contributed by atoms with E-state index in [-0.39, 0.29) is 5.82 Å². The summed E-state index contributed by atoms with van der Waals surface area (Å²) in [7, 11) is 0. The van der Waals surface area contributed by atoms with E-state index >= 15 is 0 Å². The second kappa shape index (κ2) is 4.88. The van der Waals surface area contributed by atoms with Crippen LogP contribution in [0, 0.1) is 5.82 Å². The molecule has 4 heteroatoms. The van der Waals surface area contributed by atoms with Crippen molar-refractivity contribution in [1.82, 2.24) is 4.57 Å². The Balaban J connectivity index is 2.32. The summed E-state index contributed by atoms with van der Waals surface area (Å²) >= 11 is 0. The average Bonchev–Trinajstić information content (AvgIpc) is 2.76. The summed E-state index contributed by atoms with van der Waals surface area (Å²) in [5, 5.41) is 0. The zero-order valence-corrected chi connectivity index (χ0v) is 11.2. The van der Waals surface area contributed by atoms with Gasteiger partial charge in [-0.15, -0.1) is 0 Å². The molecule has 0 bridgehead atoms. The van der Waals surface area contributed by atoms with Gasteiger partial charge < -0.3 is 4.74 Å². The summed E-state index contributed by atoms with van der Waals surface area (Å²) in [6.45, 7) is 5.43. The molecular weight excluding hydrogens is 245 g/mol. The molecule has 0 saturated carbocycles. The maximum Gasteiger partial charge on any atom is 0.418 e. The lowest BCUT2D eigenvalue weighted by molar-refractivity contribution is 0.0540. The van der Waals surface area contributed by atoms with Crippen molar-refractivity contribution in [3.8, 4) is 11.3 Å².